The van der Waals surface area contributed by atoms with Gasteiger partial charge >= 0.3 is 12.0 Å². The van der Waals surface area contributed by atoms with Crippen LogP contribution in [0.1, 0.15) is 27.9 Å². The lowest BCUT2D eigenvalue weighted by Gasteiger charge is -2.08. The zero-order valence-corrected chi connectivity index (χ0v) is 10.7. The third-order valence-corrected chi connectivity index (χ3v) is 2.47. The second kappa shape index (κ2) is 6.64. The van der Waals surface area contributed by atoms with Crippen molar-refractivity contribution in [3.8, 4) is 0 Å². The molecule has 0 aliphatic heterocycles. The Bertz CT molecular complexity index is 444. The first-order valence-corrected chi connectivity index (χ1v) is 5.78. The van der Waals surface area contributed by atoms with E-state index in [2.05, 4.69) is 5.32 Å². The Balaban J connectivity index is 2.41. The van der Waals surface area contributed by atoms with Gasteiger partial charge < -0.3 is 15.8 Å². The molecule has 1 aromatic rings. The van der Waals surface area contributed by atoms with Crippen molar-refractivity contribution in [1.82, 2.24) is 5.32 Å². The maximum absolute atomic E-state index is 11.8. The van der Waals surface area contributed by atoms with Crippen LogP contribution in [-0.2, 0) is 4.74 Å². The first kappa shape index (κ1) is 14.0. The summed E-state index contributed by atoms with van der Waals surface area (Å²) in [5.74, 6) is -0.338. The van der Waals surface area contributed by atoms with Crippen molar-refractivity contribution in [2.75, 3.05) is 13.2 Å². The number of esters is 1. The van der Waals surface area contributed by atoms with Gasteiger partial charge in [-0.3, -0.25) is 0 Å². The van der Waals surface area contributed by atoms with E-state index in [4.69, 9.17) is 10.5 Å². The topological polar surface area (TPSA) is 81.4 Å². The minimum absolute atomic E-state index is 0.256. The molecule has 18 heavy (non-hydrogen) atoms. The van der Waals surface area contributed by atoms with Crippen LogP contribution in [0.15, 0.2) is 18.2 Å². The van der Waals surface area contributed by atoms with Gasteiger partial charge in [-0.05, 0) is 31.9 Å². The number of hydrogen-bond donors (Lipinski definition) is 2. The second-order valence-electron chi connectivity index (χ2n) is 4.10. The van der Waals surface area contributed by atoms with Gasteiger partial charge in [-0.25, -0.2) is 9.59 Å². The summed E-state index contributed by atoms with van der Waals surface area (Å²) in [6, 6.07) is 5.07. The Labute approximate surface area is 106 Å². The molecule has 0 bridgehead atoms. The Hall–Kier alpha value is -2.04. The molecular formula is C13H18N2O3. The fraction of sp³-hybridized carbons (Fsp3) is 0.385. The molecule has 0 aliphatic carbocycles. The van der Waals surface area contributed by atoms with Crippen molar-refractivity contribution in [3.63, 3.8) is 0 Å². The number of amides is 2. The maximum atomic E-state index is 11.8. The van der Waals surface area contributed by atoms with Crippen molar-refractivity contribution in [3.05, 3.63) is 34.9 Å². The van der Waals surface area contributed by atoms with Crippen LogP contribution in [0.25, 0.3) is 0 Å². The average molecular weight is 250 g/mol. The predicted octanol–water partition coefficient (Wildman–Crippen LogP) is 1.52. The third-order valence-electron chi connectivity index (χ3n) is 2.47. The van der Waals surface area contributed by atoms with Gasteiger partial charge in [0.2, 0.25) is 0 Å². The van der Waals surface area contributed by atoms with Gasteiger partial charge in [0.15, 0.2) is 0 Å². The number of rotatable bonds is 5. The number of urea groups is 1. The lowest BCUT2D eigenvalue weighted by Crippen LogP contribution is -2.30. The molecule has 0 saturated carbocycles. The van der Waals surface area contributed by atoms with E-state index in [1.807, 2.05) is 26.0 Å². The van der Waals surface area contributed by atoms with E-state index in [-0.39, 0.29) is 12.6 Å². The summed E-state index contributed by atoms with van der Waals surface area (Å²) in [6.45, 7) is 4.44. The normalized spacial score (nSPS) is 9.89. The Morgan fingerprint density at radius 3 is 2.72 bits per heavy atom. The van der Waals surface area contributed by atoms with Crippen molar-refractivity contribution >= 4 is 12.0 Å². The van der Waals surface area contributed by atoms with Gasteiger partial charge in [-0.2, -0.15) is 0 Å². The van der Waals surface area contributed by atoms with E-state index >= 15 is 0 Å². The van der Waals surface area contributed by atoms with E-state index in [0.29, 0.717) is 18.5 Å². The highest BCUT2D eigenvalue weighted by atomic mass is 16.5. The van der Waals surface area contributed by atoms with E-state index in [1.165, 1.54) is 0 Å². The van der Waals surface area contributed by atoms with Gasteiger partial charge in [0.25, 0.3) is 0 Å². The summed E-state index contributed by atoms with van der Waals surface area (Å²) in [4.78, 5) is 22.2. The van der Waals surface area contributed by atoms with Crippen LogP contribution in [0, 0.1) is 13.8 Å². The van der Waals surface area contributed by atoms with Crippen LogP contribution in [0.5, 0.6) is 0 Å². The number of carbonyl (C=O) groups excluding carboxylic acids is 2. The van der Waals surface area contributed by atoms with Gasteiger partial charge in [0.05, 0.1) is 12.2 Å². The molecule has 0 atom stereocenters. The van der Waals surface area contributed by atoms with Crippen LogP contribution in [0.2, 0.25) is 0 Å². The second-order valence-corrected chi connectivity index (χ2v) is 4.10. The highest BCUT2D eigenvalue weighted by molar-refractivity contribution is 5.91. The van der Waals surface area contributed by atoms with Crippen LogP contribution in [0.4, 0.5) is 4.79 Å². The van der Waals surface area contributed by atoms with E-state index < -0.39 is 6.03 Å². The first-order chi connectivity index (χ1) is 8.50. The average Bonchev–Trinajstić information content (AvgIpc) is 2.31. The maximum Gasteiger partial charge on any atom is 0.338 e. The monoisotopic (exact) mass is 250 g/mol. The molecule has 98 valence electrons. The Kier molecular flexibility index (Phi) is 5.17. The molecule has 0 spiro atoms. The fourth-order valence-electron chi connectivity index (χ4n) is 1.48. The molecule has 0 heterocycles. The standard InChI is InChI=1S/C13H18N2O3/c1-9-4-5-10(2)11(8-9)12(16)18-7-3-6-15-13(14)17/h4-5,8H,3,6-7H2,1-2H3,(H3,14,15,17). The highest BCUT2D eigenvalue weighted by Crippen LogP contribution is 2.11. The summed E-state index contributed by atoms with van der Waals surface area (Å²) in [5, 5.41) is 2.43. The molecule has 1 rings (SSSR count). The smallest absolute Gasteiger partial charge is 0.338 e. The van der Waals surface area contributed by atoms with Crippen molar-refractivity contribution in [2.45, 2.75) is 20.3 Å². The quantitative estimate of drug-likeness (QED) is 0.614. The Morgan fingerprint density at radius 2 is 2.06 bits per heavy atom. The molecule has 0 saturated heterocycles. The first-order valence-electron chi connectivity index (χ1n) is 5.78. The number of nitrogens with one attached hydrogen (secondary N) is 1. The summed E-state index contributed by atoms with van der Waals surface area (Å²) in [7, 11) is 0. The van der Waals surface area contributed by atoms with Crippen LogP contribution >= 0.6 is 0 Å². The van der Waals surface area contributed by atoms with Crippen LogP contribution in [0.3, 0.4) is 0 Å². The molecule has 5 heteroatoms. The molecule has 0 unspecified atom stereocenters. The van der Waals surface area contributed by atoms with Gasteiger partial charge in [-0.15, -0.1) is 0 Å². The number of nitrogens with two attached hydrogens (primary N) is 1. The Morgan fingerprint density at radius 1 is 1.33 bits per heavy atom. The minimum atomic E-state index is -0.573. The minimum Gasteiger partial charge on any atom is -0.462 e. The van der Waals surface area contributed by atoms with Gasteiger partial charge in [-0.1, -0.05) is 17.7 Å². The molecule has 1 aromatic carbocycles. The number of primary amides is 1. The van der Waals surface area contributed by atoms with Crippen molar-refractivity contribution < 1.29 is 14.3 Å². The SMILES string of the molecule is Cc1ccc(C)c(C(=O)OCCCNC(N)=O)c1. The van der Waals surface area contributed by atoms with Crippen LogP contribution < -0.4 is 11.1 Å². The summed E-state index contributed by atoms with van der Waals surface area (Å²) < 4.78 is 5.11. The molecule has 0 radical (unpaired) electrons. The van der Waals surface area contributed by atoms with Crippen molar-refractivity contribution in [1.29, 1.82) is 0 Å². The summed E-state index contributed by atoms with van der Waals surface area (Å²) in [5.41, 5.74) is 7.39. The fourth-order valence-corrected chi connectivity index (χ4v) is 1.48. The molecular weight excluding hydrogens is 232 g/mol. The van der Waals surface area contributed by atoms with E-state index in [1.54, 1.807) is 6.07 Å². The third kappa shape index (κ3) is 4.45. The molecule has 0 aromatic heterocycles. The van der Waals surface area contributed by atoms with Crippen molar-refractivity contribution in [2.24, 2.45) is 5.73 Å². The highest BCUT2D eigenvalue weighted by Gasteiger charge is 2.10. The molecule has 0 aliphatic rings. The van der Waals surface area contributed by atoms with Gasteiger partial charge in [0.1, 0.15) is 0 Å². The number of hydrogen-bond acceptors (Lipinski definition) is 3. The molecule has 3 N–H and O–H groups in total. The molecule has 2 amide bonds. The lowest BCUT2D eigenvalue weighted by atomic mass is 10.1. The largest absolute Gasteiger partial charge is 0.462 e. The number of benzene rings is 1. The summed E-state index contributed by atoms with van der Waals surface area (Å²) in [6.07, 6.45) is 0.541. The predicted molar refractivity (Wildman–Crippen MR) is 68.4 cm³/mol. The lowest BCUT2D eigenvalue weighted by molar-refractivity contribution is 0.0500. The van der Waals surface area contributed by atoms with E-state index in [0.717, 1.165) is 11.1 Å². The zero-order valence-electron chi connectivity index (χ0n) is 10.7. The number of ether oxygens (including phenoxy) is 1. The number of aryl methyl sites for hydroxylation is 2. The van der Waals surface area contributed by atoms with E-state index in [9.17, 15) is 9.59 Å². The zero-order chi connectivity index (χ0) is 13.5. The number of carbonyl (C=O) groups is 2. The molecule has 5 nitrogen and oxygen atoms in total. The van der Waals surface area contributed by atoms with Gasteiger partial charge in [0, 0.05) is 6.54 Å². The van der Waals surface area contributed by atoms with Crippen LogP contribution in [-0.4, -0.2) is 25.2 Å². The molecule has 0 fully saturated rings. The summed E-state index contributed by atoms with van der Waals surface area (Å²) >= 11 is 0.